The molecule has 0 amide bonds. The number of ketones is 1. The number of fused-ring (bicyclic) bond motifs is 1. The molecule has 2 aromatic heterocycles. The molecule has 0 aliphatic heterocycles. The monoisotopic (exact) mass is 355 g/mol. The van der Waals surface area contributed by atoms with Crippen molar-refractivity contribution in [3.8, 4) is 5.69 Å². The van der Waals surface area contributed by atoms with E-state index in [4.69, 9.17) is 0 Å². The van der Waals surface area contributed by atoms with E-state index in [1.807, 2.05) is 66.3 Å². The molecule has 2 aromatic carbocycles. The maximum absolute atomic E-state index is 12.9. The van der Waals surface area contributed by atoms with E-state index in [0.29, 0.717) is 5.56 Å². The Hall–Kier alpha value is -3.27. The predicted octanol–water partition coefficient (Wildman–Crippen LogP) is 4.72. The van der Waals surface area contributed by atoms with Gasteiger partial charge in [0.1, 0.15) is 0 Å². The van der Waals surface area contributed by atoms with E-state index in [2.05, 4.69) is 23.1 Å². The highest BCUT2D eigenvalue weighted by molar-refractivity contribution is 5.98. The van der Waals surface area contributed by atoms with Crippen LogP contribution < -0.4 is 0 Å². The van der Waals surface area contributed by atoms with Crippen molar-refractivity contribution in [2.24, 2.45) is 0 Å². The van der Waals surface area contributed by atoms with E-state index in [0.717, 1.165) is 34.3 Å². The highest BCUT2D eigenvalue weighted by atomic mass is 16.1. The second-order valence-electron chi connectivity index (χ2n) is 6.66. The standard InChI is InChI=1S/C23H21N3O/c1-3-17-8-6-7-11-22(17)26-16(2)21(15-25-26)23(27)13-20-12-18-9-4-5-10-19(18)14-24-20/h4-12,14-15H,3,13H2,1-2H3. The van der Waals surface area contributed by atoms with Gasteiger partial charge in [0.05, 0.1) is 29.6 Å². The summed E-state index contributed by atoms with van der Waals surface area (Å²) in [6.07, 6.45) is 4.68. The Labute approximate surface area is 158 Å². The average Bonchev–Trinajstić information content (AvgIpc) is 3.09. The molecule has 4 nitrogen and oxygen atoms in total. The summed E-state index contributed by atoms with van der Waals surface area (Å²) in [5.74, 6) is 0.0375. The zero-order valence-corrected chi connectivity index (χ0v) is 15.5. The summed E-state index contributed by atoms with van der Waals surface area (Å²) in [5, 5.41) is 6.66. The summed E-state index contributed by atoms with van der Waals surface area (Å²) >= 11 is 0. The first-order valence-corrected chi connectivity index (χ1v) is 9.17. The van der Waals surface area contributed by atoms with Gasteiger partial charge in [0.2, 0.25) is 0 Å². The third-order valence-electron chi connectivity index (χ3n) is 4.94. The predicted molar refractivity (Wildman–Crippen MR) is 107 cm³/mol. The van der Waals surface area contributed by atoms with Crippen LogP contribution in [0.4, 0.5) is 0 Å². The number of aryl methyl sites for hydroxylation is 1. The lowest BCUT2D eigenvalue weighted by Crippen LogP contribution is -2.08. The number of para-hydroxylation sites is 1. The van der Waals surface area contributed by atoms with E-state index in [1.165, 1.54) is 5.56 Å². The van der Waals surface area contributed by atoms with Crippen molar-refractivity contribution < 1.29 is 4.79 Å². The molecule has 4 aromatic rings. The van der Waals surface area contributed by atoms with Crippen LogP contribution in [0.25, 0.3) is 16.5 Å². The molecule has 0 unspecified atom stereocenters. The van der Waals surface area contributed by atoms with Gasteiger partial charge in [-0.15, -0.1) is 0 Å². The van der Waals surface area contributed by atoms with Crippen molar-refractivity contribution in [3.63, 3.8) is 0 Å². The molecule has 27 heavy (non-hydrogen) atoms. The number of nitrogens with zero attached hydrogens (tertiary/aromatic N) is 3. The maximum Gasteiger partial charge on any atom is 0.172 e. The van der Waals surface area contributed by atoms with E-state index in [-0.39, 0.29) is 12.2 Å². The number of hydrogen-bond donors (Lipinski definition) is 0. The lowest BCUT2D eigenvalue weighted by atomic mass is 10.1. The van der Waals surface area contributed by atoms with Crippen molar-refractivity contribution >= 4 is 16.6 Å². The highest BCUT2D eigenvalue weighted by Crippen LogP contribution is 2.20. The van der Waals surface area contributed by atoms with E-state index in [1.54, 1.807) is 6.20 Å². The van der Waals surface area contributed by atoms with Crippen LogP contribution in [0.15, 0.2) is 67.0 Å². The molecule has 0 spiro atoms. The normalized spacial score (nSPS) is 11.0. The van der Waals surface area contributed by atoms with Crippen molar-refractivity contribution in [2.45, 2.75) is 26.7 Å². The smallest absolute Gasteiger partial charge is 0.172 e. The average molecular weight is 355 g/mol. The highest BCUT2D eigenvalue weighted by Gasteiger charge is 2.17. The summed E-state index contributed by atoms with van der Waals surface area (Å²) in [7, 11) is 0. The van der Waals surface area contributed by atoms with Crippen molar-refractivity contribution in [1.29, 1.82) is 0 Å². The van der Waals surface area contributed by atoms with E-state index >= 15 is 0 Å². The summed E-state index contributed by atoms with van der Waals surface area (Å²) in [6, 6.07) is 18.2. The minimum absolute atomic E-state index is 0.0375. The molecule has 0 aliphatic carbocycles. The second-order valence-corrected chi connectivity index (χ2v) is 6.66. The number of hydrogen-bond acceptors (Lipinski definition) is 3. The van der Waals surface area contributed by atoms with Crippen LogP contribution in [0.2, 0.25) is 0 Å². The molecule has 0 saturated carbocycles. The van der Waals surface area contributed by atoms with Crippen LogP contribution >= 0.6 is 0 Å². The lowest BCUT2D eigenvalue weighted by molar-refractivity contribution is 0.0991. The van der Waals surface area contributed by atoms with Crippen LogP contribution in [-0.4, -0.2) is 20.5 Å². The first-order chi connectivity index (χ1) is 13.2. The molecule has 0 radical (unpaired) electrons. The van der Waals surface area contributed by atoms with Crippen LogP contribution in [-0.2, 0) is 12.8 Å². The maximum atomic E-state index is 12.9. The Bertz CT molecular complexity index is 1130. The molecular weight excluding hydrogens is 334 g/mol. The topological polar surface area (TPSA) is 47.8 Å². The lowest BCUT2D eigenvalue weighted by Gasteiger charge is -2.10. The minimum atomic E-state index is 0.0375. The number of carbonyl (C=O) groups excluding carboxylic acids is 1. The number of benzene rings is 2. The quantitative estimate of drug-likeness (QED) is 0.487. The van der Waals surface area contributed by atoms with Gasteiger partial charge in [-0.05, 0) is 36.4 Å². The zero-order valence-electron chi connectivity index (χ0n) is 15.5. The van der Waals surface area contributed by atoms with Gasteiger partial charge in [0, 0.05) is 17.3 Å². The molecular formula is C23H21N3O. The van der Waals surface area contributed by atoms with Crippen molar-refractivity contribution in [1.82, 2.24) is 14.8 Å². The molecule has 4 heteroatoms. The Kier molecular flexibility index (Phi) is 4.55. The fourth-order valence-corrected chi connectivity index (χ4v) is 3.43. The van der Waals surface area contributed by atoms with Crippen LogP contribution in [0.1, 0.15) is 34.2 Å². The van der Waals surface area contributed by atoms with Gasteiger partial charge in [0.15, 0.2) is 5.78 Å². The molecule has 0 atom stereocenters. The second kappa shape index (κ2) is 7.16. The molecule has 2 heterocycles. The summed E-state index contributed by atoms with van der Waals surface area (Å²) in [6.45, 7) is 4.07. The fourth-order valence-electron chi connectivity index (χ4n) is 3.43. The fraction of sp³-hybridized carbons (Fsp3) is 0.174. The van der Waals surface area contributed by atoms with Crippen LogP contribution in [0.5, 0.6) is 0 Å². The van der Waals surface area contributed by atoms with Gasteiger partial charge >= 0.3 is 0 Å². The molecule has 4 rings (SSSR count). The van der Waals surface area contributed by atoms with Gasteiger partial charge in [-0.1, -0.05) is 49.4 Å². The SMILES string of the molecule is CCc1ccccc1-n1ncc(C(=O)Cc2cc3ccccc3cn2)c1C. The first-order valence-electron chi connectivity index (χ1n) is 9.17. The molecule has 0 N–H and O–H groups in total. The first kappa shape index (κ1) is 17.2. The molecule has 0 bridgehead atoms. The third kappa shape index (κ3) is 3.26. The zero-order chi connectivity index (χ0) is 18.8. The molecule has 0 aliphatic rings. The van der Waals surface area contributed by atoms with Gasteiger partial charge in [-0.2, -0.15) is 5.10 Å². The minimum Gasteiger partial charge on any atom is -0.294 e. The Morgan fingerprint density at radius 2 is 1.74 bits per heavy atom. The Morgan fingerprint density at radius 3 is 2.56 bits per heavy atom. The van der Waals surface area contributed by atoms with Crippen molar-refractivity contribution in [2.75, 3.05) is 0 Å². The van der Waals surface area contributed by atoms with E-state index < -0.39 is 0 Å². The van der Waals surface area contributed by atoms with Gasteiger partial charge in [-0.25, -0.2) is 4.68 Å². The number of rotatable bonds is 5. The Balaban J connectivity index is 1.63. The summed E-state index contributed by atoms with van der Waals surface area (Å²) < 4.78 is 1.86. The number of aromatic nitrogens is 3. The summed E-state index contributed by atoms with van der Waals surface area (Å²) in [5.41, 5.74) is 4.52. The van der Waals surface area contributed by atoms with Crippen LogP contribution in [0, 0.1) is 6.92 Å². The Morgan fingerprint density at radius 1 is 1.00 bits per heavy atom. The van der Waals surface area contributed by atoms with Crippen LogP contribution in [0.3, 0.4) is 0 Å². The van der Waals surface area contributed by atoms with Gasteiger partial charge in [-0.3, -0.25) is 9.78 Å². The number of pyridine rings is 1. The van der Waals surface area contributed by atoms with Gasteiger partial charge in [0.25, 0.3) is 0 Å². The number of Topliss-reactive ketones (excluding diaryl/α,β-unsaturated/α-hetero) is 1. The molecule has 0 saturated heterocycles. The van der Waals surface area contributed by atoms with Crippen molar-refractivity contribution in [3.05, 3.63) is 89.5 Å². The van der Waals surface area contributed by atoms with E-state index in [9.17, 15) is 4.79 Å². The largest absolute Gasteiger partial charge is 0.294 e. The third-order valence-corrected chi connectivity index (χ3v) is 4.94. The number of carbonyl (C=O) groups is 1. The summed E-state index contributed by atoms with van der Waals surface area (Å²) in [4.78, 5) is 17.3. The molecule has 0 fully saturated rings. The molecule has 134 valence electrons. The van der Waals surface area contributed by atoms with Gasteiger partial charge < -0.3 is 0 Å².